The number of carbonyl (C=O) groups excluding carboxylic acids is 1. The van der Waals surface area contributed by atoms with Gasteiger partial charge in [-0.3, -0.25) is 4.79 Å². The number of fused-ring (bicyclic) bond motifs is 1. The Labute approximate surface area is 211 Å². The molecule has 1 N–H and O–H groups in total. The molecule has 1 fully saturated rings. The van der Waals surface area contributed by atoms with Gasteiger partial charge in [-0.1, -0.05) is 29.3 Å². The summed E-state index contributed by atoms with van der Waals surface area (Å²) in [4.78, 5) is 13.3. The lowest BCUT2D eigenvalue weighted by Gasteiger charge is -2.32. The van der Waals surface area contributed by atoms with Crippen LogP contribution in [-0.2, 0) is 21.4 Å². The van der Waals surface area contributed by atoms with Gasteiger partial charge in [0.15, 0.2) is 11.5 Å². The molecule has 7 nitrogen and oxygen atoms in total. The molecule has 3 aromatic carbocycles. The van der Waals surface area contributed by atoms with Crippen LogP contribution in [0.1, 0.15) is 18.4 Å². The molecule has 5 rings (SSSR count). The Kier molecular flexibility index (Phi) is 6.03. The molecule has 1 heterocycles. The van der Waals surface area contributed by atoms with Crippen LogP contribution in [0.25, 0.3) is 0 Å². The largest absolute Gasteiger partial charge is 0.454 e. The van der Waals surface area contributed by atoms with Crippen molar-refractivity contribution in [3.05, 3.63) is 82.1 Å². The van der Waals surface area contributed by atoms with Crippen LogP contribution in [0, 0.1) is 5.82 Å². The second-order valence-electron chi connectivity index (χ2n) is 8.22. The lowest BCUT2D eigenvalue weighted by atomic mass is 10.1. The number of hydrogen-bond donors (Lipinski definition) is 1. The van der Waals surface area contributed by atoms with E-state index >= 15 is 0 Å². The minimum absolute atomic E-state index is 0.115. The second kappa shape index (κ2) is 8.89. The first-order valence-corrected chi connectivity index (χ1v) is 12.8. The summed E-state index contributed by atoms with van der Waals surface area (Å²) in [5.41, 5.74) is -1.08. The summed E-state index contributed by atoms with van der Waals surface area (Å²) < 4.78 is 54.0. The molecule has 11 heteroatoms. The molecule has 0 aromatic heterocycles. The molecular weight excluding hydrogens is 518 g/mol. The summed E-state index contributed by atoms with van der Waals surface area (Å²) in [5, 5.41) is 3.27. The Hall–Kier alpha value is -3.01. The minimum atomic E-state index is -4.36. The molecule has 1 saturated carbocycles. The van der Waals surface area contributed by atoms with Crippen molar-refractivity contribution in [3.8, 4) is 11.5 Å². The van der Waals surface area contributed by atoms with E-state index in [1.54, 1.807) is 18.2 Å². The predicted molar refractivity (Wildman–Crippen MR) is 129 cm³/mol. The van der Waals surface area contributed by atoms with Gasteiger partial charge < -0.3 is 14.8 Å². The predicted octanol–water partition coefficient (Wildman–Crippen LogP) is 4.91. The van der Waals surface area contributed by atoms with Gasteiger partial charge in [0.25, 0.3) is 10.0 Å². The maximum atomic E-state index is 15.0. The molecule has 182 valence electrons. The highest BCUT2D eigenvalue weighted by Gasteiger charge is 2.59. The lowest BCUT2D eigenvalue weighted by molar-refractivity contribution is -0.123. The minimum Gasteiger partial charge on any atom is -0.454 e. The molecule has 0 saturated heterocycles. The van der Waals surface area contributed by atoms with Crippen molar-refractivity contribution in [2.24, 2.45) is 0 Å². The van der Waals surface area contributed by atoms with Gasteiger partial charge in [-0.25, -0.2) is 17.1 Å². The van der Waals surface area contributed by atoms with Crippen molar-refractivity contribution in [1.82, 2.24) is 5.32 Å². The summed E-state index contributed by atoms with van der Waals surface area (Å²) >= 11 is 12.0. The molecule has 1 aliphatic heterocycles. The number of anilines is 1. The number of ether oxygens (including phenoxy) is 2. The third-order valence-electron chi connectivity index (χ3n) is 5.90. The first-order chi connectivity index (χ1) is 16.7. The van der Waals surface area contributed by atoms with Gasteiger partial charge in [0.2, 0.25) is 12.7 Å². The normalized spacial score (nSPS) is 15.5. The molecule has 35 heavy (non-hydrogen) atoms. The molecular formula is C24H19Cl2FN2O5S. The maximum absolute atomic E-state index is 15.0. The van der Waals surface area contributed by atoms with E-state index in [-0.39, 0.29) is 41.8 Å². The Bertz CT molecular complexity index is 1410. The summed E-state index contributed by atoms with van der Waals surface area (Å²) in [7, 11) is -4.36. The molecule has 2 aliphatic rings. The monoisotopic (exact) mass is 536 g/mol. The van der Waals surface area contributed by atoms with Crippen molar-refractivity contribution < 1.29 is 27.1 Å². The van der Waals surface area contributed by atoms with E-state index in [0.29, 0.717) is 16.5 Å². The fraction of sp³-hybridized carbons (Fsp3) is 0.208. The average Bonchev–Trinajstić information content (AvgIpc) is 3.48. The lowest BCUT2D eigenvalue weighted by Crippen LogP contribution is -2.52. The molecule has 0 radical (unpaired) electrons. The van der Waals surface area contributed by atoms with E-state index in [4.69, 9.17) is 32.7 Å². The average molecular weight is 537 g/mol. The highest BCUT2D eigenvalue weighted by molar-refractivity contribution is 7.93. The van der Waals surface area contributed by atoms with Crippen LogP contribution in [0.15, 0.2) is 65.6 Å². The third kappa shape index (κ3) is 4.39. The van der Waals surface area contributed by atoms with Crippen LogP contribution in [0.4, 0.5) is 10.1 Å². The summed E-state index contributed by atoms with van der Waals surface area (Å²) in [6, 6.07) is 14.3. The van der Waals surface area contributed by atoms with E-state index in [0.717, 1.165) is 15.9 Å². The van der Waals surface area contributed by atoms with Gasteiger partial charge in [0, 0.05) is 16.6 Å². The van der Waals surface area contributed by atoms with Crippen molar-refractivity contribution in [2.75, 3.05) is 11.1 Å². The summed E-state index contributed by atoms with van der Waals surface area (Å²) in [6.45, 7) is 0.237. The highest BCUT2D eigenvalue weighted by Crippen LogP contribution is 2.48. The van der Waals surface area contributed by atoms with Crippen LogP contribution in [0.2, 0.25) is 10.0 Å². The van der Waals surface area contributed by atoms with Crippen LogP contribution in [0.3, 0.4) is 0 Å². The van der Waals surface area contributed by atoms with Gasteiger partial charge in [0.1, 0.15) is 11.4 Å². The molecule has 3 aromatic rings. The van der Waals surface area contributed by atoms with Crippen LogP contribution in [0.5, 0.6) is 11.5 Å². The number of hydrogen-bond acceptors (Lipinski definition) is 5. The topological polar surface area (TPSA) is 84.9 Å². The van der Waals surface area contributed by atoms with Gasteiger partial charge in [-0.15, -0.1) is 0 Å². The maximum Gasteiger partial charge on any atom is 0.265 e. The molecule has 1 aliphatic carbocycles. The van der Waals surface area contributed by atoms with Gasteiger partial charge in [-0.05, 0) is 73.0 Å². The molecule has 1 amide bonds. The molecule has 0 atom stereocenters. The SMILES string of the molecule is O=C(NCc1ccc2c(c1)OCO2)C1(N(c2cc(Cl)ccc2F)S(=O)(=O)c2ccc(Cl)cc2)CC1. The number of carbonyl (C=O) groups is 1. The quantitative estimate of drug-likeness (QED) is 0.464. The Morgan fingerprint density at radius 2 is 1.66 bits per heavy atom. The van der Waals surface area contributed by atoms with Crippen molar-refractivity contribution in [2.45, 2.75) is 29.8 Å². The zero-order valence-electron chi connectivity index (χ0n) is 18.1. The van der Waals surface area contributed by atoms with E-state index < -0.39 is 27.3 Å². The molecule has 0 unspecified atom stereocenters. The van der Waals surface area contributed by atoms with Gasteiger partial charge in [-0.2, -0.15) is 0 Å². The zero-order chi connectivity index (χ0) is 24.8. The number of halogens is 3. The third-order valence-corrected chi connectivity index (χ3v) is 8.29. The number of benzene rings is 3. The first kappa shape index (κ1) is 23.7. The Balaban J connectivity index is 1.50. The number of rotatable bonds is 7. The molecule has 0 spiro atoms. The fourth-order valence-corrected chi connectivity index (χ4v) is 6.09. The standard InChI is InChI=1S/C24H19Cl2FN2O5S/c25-16-2-5-18(6-3-16)35(31,32)29(20-12-17(26)4-7-19(20)27)24(9-10-24)23(30)28-13-15-1-8-21-22(11-15)34-14-33-21/h1-8,11-12H,9-10,13-14H2,(H,28,30). The van der Waals surface area contributed by atoms with Crippen molar-refractivity contribution in [3.63, 3.8) is 0 Å². The van der Waals surface area contributed by atoms with E-state index in [1.807, 2.05) is 0 Å². The number of amides is 1. The van der Waals surface area contributed by atoms with Crippen LogP contribution in [-0.4, -0.2) is 26.7 Å². The van der Waals surface area contributed by atoms with Crippen LogP contribution >= 0.6 is 23.2 Å². The summed E-state index contributed by atoms with van der Waals surface area (Å²) in [5.74, 6) is -0.199. The van der Waals surface area contributed by atoms with Crippen molar-refractivity contribution in [1.29, 1.82) is 0 Å². The van der Waals surface area contributed by atoms with E-state index in [9.17, 15) is 17.6 Å². The van der Waals surface area contributed by atoms with Crippen molar-refractivity contribution >= 4 is 44.8 Å². The van der Waals surface area contributed by atoms with E-state index in [1.165, 1.54) is 36.4 Å². The zero-order valence-corrected chi connectivity index (χ0v) is 20.5. The van der Waals surface area contributed by atoms with Crippen LogP contribution < -0.4 is 19.1 Å². The molecule has 0 bridgehead atoms. The highest BCUT2D eigenvalue weighted by atomic mass is 35.5. The Morgan fingerprint density at radius 1 is 0.971 bits per heavy atom. The first-order valence-electron chi connectivity index (χ1n) is 10.6. The van der Waals surface area contributed by atoms with Gasteiger partial charge >= 0.3 is 0 Å². The Morgan fingerprint density at radius 3 is 2.37 bits per heavy atom. The number of nitrogens with one attached hydrogen (secondary N) is 1. The van der Waals surface area contributed by atoms with Gasteiger partial charge in [0.05, 0.1) is 10.6 Å². The second-order valence-corrected chi connectivity index (χ2v) is 10.9. The smallest absolute Gasteiger partial charge is 0.265 e. The summed E-state index contributed by atoms with van der Waals surface area (Å²) in [6.07, 6.45) is 0.414. The number of nitrogens with zero attached hydrogens (tertiary/aromatic N) is 1. The van der Waals surface area contributed by atoms with E-state index in [2.05, 4.69) is 5.32 Å². The fourth-order valence-electron chi connectivity index (χ4n) is 3.98. The number of sulfonamides is 1.